The van der Waals surface area contributed by atoms with Crippen molar-refractivity contribution in [2.24, 2.45) is 11.8 Å². The molecule has 7 heteroatoms. The number of piperazine rings is 1. The molecular weight excluding hydrogens is 372 g/mol. The number of allylic oxidation sites excluding steroid dienone is 3. The SMILES string of the molecule is FC(F)(F)C1C=C(N2CCNCC2)C=CC1Cc1ccc(Cl)c(Cl)c1. The molecule has 0 aromatic heterocycles. The van der Waals surface area contributed by atoms with Crippen LogP contribution in [0.2, 0.25) is 10.0 Å². The van der Waals surface area contributed by atoms with E-state index in [-0.39, 0.29) is 6.42 Å². The van der Waals surface area contributed by atoms with Gasteiger partial charge in [0, 0.05) is 31.9 Å². The number of rotatable bonds is 3. The second kappa shape index (κ2) is 7.60. The van der Waals surface area contributed by atoms with E-state index >= 15 is 0 Å². The van der Waals surface area contributed by atoms with E-state index in [4.69, 9.17) is 23.2 Å². The van der Waals surface area contributed by atoms with Gasteiger partial charge >= 0.3 is 6.18 Å². The van der Waals surface area contributed by atoms with Gasteiger partial charge in [-0.15, -0.1) is 0 Å². The molecule has 2 nitrogen and oxygen atoms in total. The lowest BCUT2D eigenvalue weighted by molar-refractivity contribution is -0.170. The molecule has 1 fully saturated rings. The van der Waals surface area contributed by atoms with E-state index in [1.165, 1.54) is 6.08 Å². The minimum atomic E-state index is -4.29. The topological polar surface area (TPSA) is 15.3 Å². The quantitative estimate of drug-likeness (QED) is 0.805. The summed E-state index contributed by atoms with van der Waals surface area (Å²) >= 11 is 11.9. The number of nitrogens with zero attached hydrogens (tertiary/aromatic N) is 1. The normalized spacial score (nSPS) is 24.4. The maximum absolute atomic E-state index is 13.6. The molecule has 0 bridgehead atoms. The lowest BCUT2D eigenvalue weighted by atomic mass is 9.82. The molecule has 1 aliphatic heterocycles. The van der Waals surface area contributed by atoms with Gasteiger partial charge in [0.1, 0.15) is 0 Å². The Labute approximate surface area is 155 Å². The van der Waals surface area contributed by atoms with E-state index in [0.29, 0.717) is 15.7 Å². The fraction of sp³-hybridized carbons (Fsp3) is 0.444. The lowest BCUT2D eigenvalue weighted by Crippen LogP contribution is -2.43. The van der Waals surface area contributed by atoms with Crippen LogP contribution in [0, 0.1) is 11.8 Å². The van der Waals surface area contributed by atoms with Crippen LogP contribution in [0.15, 0.2) is 42.1 Å². The predicted octanol–water partition coefficient (Wildman–Crippen LogP) is 4.69. The Balaban J connectivity index is 1.80. The Kier molecular flexibility index (Phi) is 5.66. The largest absolute Gasteiger partial charge is 0.395 e. The van der Waals surface area contributed by atoms with Gasteiger partial charge in [-0.2, -0.15) is 13.2 Å². The van der Waals surface area contributed by atoms with Crippen molar-refractivity contribution in [1.29, 1.82) is 0 Å². The molecule has 1 aliphatic carbocycles. The molecule has 0 spiro atoms. The van der Waals surface area contributed by atoms with E-state index in [1.54, 1.807) is 24.3 Å². The predicted molar refractivity (Wildman–Crippen MR) is 94.9 cm³/mol. The summed E-state index contributed by atoms with van der Waals surface area (Å²) in [5.41, 5.74) is 1.41. The van der Waals surface area contributed by atoms with Crippen molar-refractivity contribution in [3.63, 3.8) is 0 Å². The Morgan fingerprint density at radius 1 is 1.12 bits per heavy atom. The third kappa shape index (κ3) is 4.52. The molecule has 1 aromatic rings. The Hall–Kier alpha value is -1.17. The van der Waals surface area contributed by atoms with Crippen LogP contribution in [0.25, 0.3) is 0 Å². The molecule has 25 heavy (non-hydrogen) atoms. The van der Waals surface area contributed by atoms with Crippen LogP contribution < -0.4 is 5.32 Å². The summed E-state index contributed by atoms with van der Waals surface area (Å²) in [6.45, 7) is 3.01. The summed E-state index contributed by atoms with van der Waals surface area (Å²) in [5, 5.41) is 3.97. The highest BCUT2D eigenvalue weighted by Gasteiger charge is 2.44. The zero-order valence-corrected chi connectivity index (χ0v) is 15.0. The molecule has 1 aromatic carbocycles. The van der Waals surface area contributed by atoms with Crippen molar-refractivity contribution in [1.82, 2.24) is 10.2 Å². The molecule has 0 amide bonds. The zero-order valence-electron chi connectivity index (χ0n) is 13.5. The molecule has 1 N–H and O–H groups in total. The Morgan fingerprint density at radius 3 is 2.48 bits per heavy atom. The van der Waals surface area contributed by atoms with E-state index in [2.05, 4.69) is 5.32 Å². The second-order valence-electron chi connectivity index (χ2n) is 6.37. The number of hydrogen-bond acceptors (Lipinski definition) is 2. The van der Waals surface area contributed by atoms with Gasteiger partial charge in [0.05, 0.1) is 16.0 Å². The average Bonchev–Trinajstić information content (AvgIpc) is 2.58. The molecule has 2 atom stereocenters. The first-order valence-corrected chi connectivity index (χ1v) is 8.96. The lowest BCUT2D eigenvalue weighted by Gasteiger charge is -2.35. The molecule has 0 radical (unpaired) electrons. The maximum Gasteiger partial charge on any atom is 0.395 e. The molecule has 2 aliphatic rings. The van der Waals surface area contributed by atoms with Crippen LogP contribution >= 0.6 is 23.2 Å². The maximum atomic E-state index is 13.6. The average molecular weight is 391 g/mol. The number of hydrogen-bond donors (Lipinski definition) is 1. The zero-order chi connectivity index (χ0) is 18.0. The Bertz CT molecular complexity index is 679. The van der Waals surface area contributed by atoms with E-state index in [9.17, 15) is 13.2 Å². The van der Waals surface area contributed by atoms with Crippen LogP contribution in [-0.2, 0) is 6.42 Å². The monoisotopic (exact) mass is 390 g/mol. The van der Waals surface area contributed by atoms with E-state index in [0.717, 1.165) is 31.7 Å². The fourth-order valence-corrected chi connectivity index (χ4v) is 3.63. The third-order valence-corrected chi connectivity index (χ3v) is 5.38. The Morgan fingerprint density at radius 2 is 1.84 bits per heavy atom. The summed E-state index contributed by atoms with van der Waals surface area (Å²) < 4.78 is 40.9. The fourth-order valence-electron chi connectivity index (χ4n) is 3.31. The highest BCUT2D eigenvalue weighted by Crippen LogP contribution is 2.39. The van der Waals surface area contributed by atoms with Gasteiger partial charge in [-0.25, -0.2) is 0 Å². The van der Waals surface area contributed by atoms with Crippen LogP contribution in [0.1, 0.15) is 5.56 Å². The van der Waals surface area contributed by atoms with Crippen molar-refractivity contribution in [2.75, 3.05) is 26.2 Å². The van der Waals surface area contributed by atoms with Gasteiger partial charge in [0.2, 0.25) is 0 Å². The van der Waals surface area contributed by atoms with Crippen molar-refractivity contribution in [2.45, 2.75) is 12.6 Å². The minimum absolute atomic E-state index is 0.267. The standard InChI is InChI=1S/C18H19Cl2F3N2/c19-16-4-1-12(10-17(16)20)9-13-2-3-14(11-15(13)18(21,22)23)25-7-5-24-6-8-25/h1-4,10-11,13,15,24H,5-9H2. The summed E-state index contributed by atoms with van der Waals surface area (Å²) in [6, 6.07) is 4.99. The first-order chi connectivity index (χ1) is 11.8. The van der Waals surface area contributed by atoms with Gasteiger partial charge in [0.25, 0.3) is 0 Å². The van der Waals surface area contributed by atoms with Gasteiger partial charge in [-0.05, 0) is 42.2 Å². The first kappa shape index (κ1) is 18.6. The van der Waals surface area contributed by atoms with Crippen molar-refractivity contribution in [3.8, 4) is 0 Å². The van der Waals surface area contributed by atoms with Gasteiger partial charge < -0.3 is 10.2 Å². The van der Waals surface area contributed by atoms with Crippen molar-refractivity contribution < 1.29 is 13.2 Å². The van der Waals surface area contributed by atoms with Gasteiger partial charge in [-0.3, -0.25) is 0 Å². The molecule has 2 unspecified atom stereocenters. The number of benzene rings is 1. The molecule has 0 saturated carbocycles. The molecule has 3 rings (SSSR count). The highest BCUT2D eigenvalue weighted by molar-refractivity contribution is 6.42. The summed E-state index contributed by atoms with van der Waals surface area (Å²) in [4.78, 5) is 2.00. The summed E-state index contributed by atoms with van der Waals surface area (Å²) in [5.74, 6) is -2.15. The van der Waals surface area contributed by atoms with E-state index in [1.807, 2.05) is 11.0 Å². The summed E-state index contributed by atoms with van der Waals surface area (Å²) in [6.07, 6.45) is 0.842. The molecule has 1 saturated heterocycles. The molecule has 1 heterocycles. The van der Waals surface area contributed by atoms with Crippen LogP contribution in [-0.4, -0.2) is 37.3 Å². The van der Waals surface area contributed by atoms with Crippen LogP contribution in [0.4, 0.5) is 13.2 Å². The molecule has 136 valence electrons. The van der Waals surface area contributed by atoms with Crippen LogP contribution in [0.5, 0.6) is 0 Å². The minimum Gasteiger partial charge on any atom is -0.369 e. The van der Waals surface area contributed by atoms with Gasteiger partial charge in [0.15, 0.2) is 0 Å². The van der Waals surface area contributed by atoms with Gasteiger partial charge in [-0.1, -0.05) is 35.3 Å². The number of nitrogens with one attached hydrogen (secondary N) is 1. The number of halogens is 5. The van der Waals surface area contributed by atoms with Crippen molar-refractivity contribution >= 4 is 23.2 Å². The summed E-state index contributed by atoms with van der Waals surface area (Å²) in [7, 11) is 0. The van der Waals surface area contributed by atoms with Crippen molar-refractivity contribution in [3.05, 3.63) is 57.7 Å². The molecular formula is C18H19Cl2F3N2. The smallest absolute Gasteiger partial charge is 0.369 e. The van der Waals surface area contributed by atoms with Crippen LogP contribution in [0.3, 0.4) is 0 Å². The highest BCUT2D eigenvalue weighted by atomic mass is 35.5. The second-order valence-corrected chi connectivity index (χ2v) is 7.19. The van der Waals surface area contributed by atoms with E-state index < -0.39 is 18.0 Å². The first-order valence-electron chi connectivity index (χ1n) is 8.21. The number of alkyl halides is 3. The third-order valence-electron chi connectivity index (χ3n) is 4.64.